The lowest BCUT2D eigenvalue weighted by atomic mass is 9.52. The number of carbonyl (C=O) groups is 2. The van der Waals surface area contributed by atoms with Crippen LogP contribution in [0.3, 0.4) is 0 Å². The molecule has 32 heavy (non-hydrogen) atoms. The quantitative estimate of drug-likeness (QED) is 0.420. The zero-order valence-corrected chi connectivity index (χ0v) is 21.6. The first-order valence-electron chi connectivity index (χ1n) is 13.3. The van der Waals surface area contributed by atoms with Crippen molar-refractivity contribution in [3.05, 3.63) is 12.2 Å². The molecule has 0 saturated heterocycles. The van der Waals surface area contributed by atoms with E-state index in [2.05, 4.69) is 48.1 Å². The summed E-state index contributed by atoms with van der Waals surface area (Å²) in [6.07, 6.45) is 8.34. The fourth-order valence-electron chi connectivity index (χ4n) is 7.55. The molecule has 182 valence electrons. The number of ketones is 2. The van der Waals surface area contributed by atoms with Crippen molar-refractivity contribution in [3.63, 3.8) is 0 Å². The van der Waals surface area contributed by atoms with Gasteiger partial charge in [-0.15, -0.1) is 0 Å². The zero-order valence-electron chi connectivity index (χ0n) is 21.6. The monoisotopic (exact) mass is 444 g/mol. The summed E-state index contributed by atoms with van der Waals surface area (Å²) < 4.78 is 0. The van der Waals surface area contributed by atoms with E-state index in [9.17, 15) is 14.7 Å². The normalized spacial score (nSPS) is 39.9. The highest BCUT2D eigenvalue weighted by Crippen LogP contribution is 2.57. The van der Waals surface area contributed by atoms with Crippen molar-refractivity contribution in [3.8, 4) is 0 Å². The first-order chi connectivity index (χ1) is 14.9. The number of Topliss-reactive ketones (excluding diaryl/α,β-unsaturated/α-hetero) is 2. The molecular weight excluding hydrogens is 396 g/mol. The van der Waals surface area contributed by atoms with Crippen LogP contribution >= 0.6 is 0 Å². The van der Waals surface area contributed by atoms with Crippen LogP contribution < -0.4 is 0 Å². The van der Waals surface area contributed by atoms with Crippen molar-refractivity contribution in [2.75, 3.05) is 0 Å². The predicted octanol–water partition coefficient (Wildman–Crippen LogP) is 6.77. The molecule has 0 aromatic rings. The Labute approximate surface area is 196 Å². The lowest BCUT2D eigenvalue weighted by molar-refractivity contribution is -0.137. The molecule has 3 aliphatic carbocycles. The Bertz CT molecular complexity index is 724. The largest absolute Gasteiger partial charge is 0.389 e. The van der Waals surface area contributed by atoms with Crippen LogP contribution in [0.1, 0.15) is 106 Å². The van der Waals surface area contributed by atoms with Crippen LogP contribution in [0.5, 0.6) is 0 Å². The summed E-state index contributed by atoms with van der Waals surface area (Å²) in [7, 11) is 0. The molecule has 3 aliphatic rings. The summed E-state index contributed by atoms with van der Waals surface area (Å²) in [5.41, 5.74) is 0.525. The summed E-state index contributed by atoms with van der Waals surface area (Å²) in [6, 6.07) is 0. The molecule has 8 atom stereocenters. The van der Waals surface area contributed by atoms with Crippen LogP contribution in [-0.4, -0.2) is 22.8 Å². The summed E-state index contributed by atoms with van der Waals surface area (Å²) in [5.74, 6) is 3.40. The Hall–Kier alpha value is -0.960. The van der Waals surface area contributed by atoms with Gasteiger partial charge in [0.15, 0.2) is 0 Å². The molecule has 3 fully saturated rings. The molecule has 0 bridgehead atoms. The lowest BCUT2D eigenvalue weighted by Crippen LogP contribution is -2.49. The third-order valence-corrected chi connectivity index (χ3v) is 10.5. The Kier molecular flexibility index (Phi) is 7.80. The fourth-order valence-corrected chi connectivity index (χ4v) is 7.55. The van der Waals surface area contributed by atoms with Crippen LogP contribution in [-0.2, 0) is 9.59 Å². The van der Waals surface area contributed by atoms with Gasteiger partial charge in [0.05, 0.1) is 6.10 Å². The highest BCUT2D eigenvalue weighted by molar-refractivity contribution is 5.87. The number of fused-ring (bicyclic) bond motifs is 1. The van der Waals surface area contributed by atoms with E-state index in [4.69, 9.17) is 0 Å². The van der Waals surface area contributed by atoms with Crippen molar-refractivity contribution in [1.29, 1.82) is 0 Å². The van der Waals surface area contributed by atoms with Crippen molar-refractivity contribution >= 4 is 11.6 Å². The number of aliphatic hydroxyl groups excluding tert-OH is 1. The second-order valence-corrected chi connectivity index (χ2v) is 12.5. The van der Waals surface area contributed by atoms with E-state index >= 15 is 0 Å². The van der Waals surface area contributed by atoms with Crippen molar-refractivity contribution in [2.24, 2.45) is 46.3 Å². The van der Waals surface area contributed by atoms with E-state index in [1.807, 2.05) is 0 Å². The molecule has 1 N–H and O–H groups in total. The van der Waals surface area contributed by atoms with Gasteiger partial charge in [-0.3, -0.25) is 9.59 Å². The Balaban J connectivity index is 1.72. The molecule has 0 amide bonds. The number of carbonyl (C=O) groups excluding carboxylic acids is 2. The minimum Gasteiger partial charge on any atom is -0.389 e. The molecule has 0 heterocycles. The topological polar surface area (TPSA) is 54.4 Å². The Morgan fingerprint density at radius 3 is 2.38 bits per heavy atom. The maximum atomic E-state index is 13.1. The molecule has 3 nitrogen and oxygen atoms in total. The first kappa shape index (κ1) is 25.7. The third-order valence-electron chi connectivity index (χ3n) is 10.5. The summed E-state index contributed by atoms with van der Waals surface area (Å²) in [6.45, 7) is 18.0. The molecule has 3 rings (SSSR count). The van der Waals surface area contributed by atoms with Gasteiger partial charge in [0, 0.05) is 24.2 Å². The fraction of sp³-hybridized carbons (Fsp3) is 0.862. The SMILES string of the molecule is C=C1C2CCC(=O)[C@H](CC[C@@]3(C)C(=O)CC[C@@H]3[C@H](C)CC[C@@H](C)C(C)C)[C@@]2(C)CC[C@@H]1O. The lowest BCUT2D eigenvalue weighted by Gasteiger charge is -2.52. The van der Waals surface area contributed by atoms with Crippen LogP contribution in [0.2, 0.25) is 0 Å². The number of aliphatic hydroxyl groups is 1. The maximum absolute atomic E-state index is 13.1. The Morgan fingerprint density at radius 2 is 1.72 bits per heavy atom. The van der Waals surface area contributed by atoms with E-state index in [1.54, 1.807) is 0 Å². The van der Waals surface area contributed by atoms with Crippen molar-refractivity contribution in [2.45, 2.75) is 112 Å². The average Bonchev–Trinajstić information content (AvgIpc) is 3.03. The molecule has 0 radical (unpaired) electrons. The Morgan fingerprint density at radius 1 is 1.03 bits per heavy atom. The van der Waals surface area contributed by atoms with E-state index in [1.165, 1.54) is 12.8 Å². The average molecular weight is 445 g/mol. The third kappa shape index (κ3) is 4.65. The maximum Gasteiger partial charge on any atom is 0.139 e. The standard InChI is InChI=1S/C29H48O3/c1-18(2)19(3)8-9-20(4)22-11-13-27(32)29(22,7)16-14-24-26(31)12-10-23-21(5)25(30)15-17-28(23,24)6/h18-20,22-25,30H,5,8-17H2,1-4,6-7H3/t19-,20-,22-,23?,24+,25+,28+,29-/m1/s1. The summed E-state index contributed by atoms with van der Waals surface area (Å²) >= 11 is 0. The van der Waals surface area contributed by atoms with Gasteiger partial charge >= 0.3 is 0 Å². The van der Waals surface area contributed by atoms with Gasteiger partial charge in [0.1, 0.15) is 11.6 Å². The minimum atomic E-state index is -0.422. The second kappa shape index (κ2) is 9.72. The minimum absolute atomic E-state index is 0.00681. The molecule has 3 heteroatoms. The molecule has 0 aromatic heterocycles. The molecule has 0 spiro atoms. The predicted molar refractivity (Wildman–Crippen MR) is 131 cm³/mol. The van der Waals surface area contributed by atoms with Gasteiger partial charge in [-0.2, -0.15) is 0 Å². The van der Waals surface area contributed by atoms with Crippen LogP contribution in [0, 0.1) is 46.3 Å². The van der Waals surface area contributed by atoms with E-state index in [0.717, 1.165) is 37.7 Å². The van der Waals surface area contributed by atoms with Gasteiger partial charge in [-0.05, 0) is 79.1 Å². The smallest absolute Gasteiger partial charge is 0.139 e. The highest BCUT2D eigenvalue weighted by atomic mass is 16.3. The molecular formula is C29H48O3. The van der Waals surface area contributed by atoms with Crippen LogP contribution in [0.25, 0.3) is 0 Å². The van der Waals surface area contributed by atoms with E-state index in [0.29, 0.717) is 54.5 Å². The molecule has 0 aromatic carbocycles. The van der Waals surface area contributed by atoms with Crippen LogP contribution in [0.15, 0.2) is 12.2 Å². The van der Waals surface area contributed by atoms with E-state index in [-0.39, 0.29) is 22.7 Å². The molecule has 0 aliphatic heterocycles. The summed E-state index contributed by atoms with van der Waals surface area (Å²) in [4.78, 5) is 26.2. The molecule has 3 saturated carbocycles. The van der Waals surface area contributed by atoms with Gasteiger partial charge in [-0.1, -0.05) is 61.0 Å². The second-order valence-electron chi connectivity index (χ2n) is 12.5. The number of hydrogen-bond donors (Lipinski definition) is 1. The van der Waals surface area contributed by atoms with Crippen LogP contribution in [0.4, 0.5) is 0 Å². The van der Waals surface area contributed by atoms with Gasteiger partial charge in [0.25, 0.3) is 0 Å². The van der Waals surface area contributed by atoms with Gasteiger partial charge in [-0.25, -0.2) is 0 Å². The zero-order chi connectivity index (χ0) is 23.8. The number of rotatable bonds is 8. The highest BCUT2D eigenvalue weighted by Gasteiger charge is 2.53. The van der Waals surface area contributed by atoms with Gasteiger partial charge in [0.2, 0.25) is 0 Å². The molecule has 1 unspecified atom stereocenters. The van der Waals surface area contributed by atoms with Crippen molar-refractivity contribution < 1.29 is 14.7 Å². The first-order valence-corrected chi connectivity index (χ1v) is 13.3. The van der Waals surface area contributed by atoms with E-state index < -0.39 is 6.10 Å². The van der Waals surface area contributed by atoms with Crippen molar-refractivity contribution in [1.82, 2.24) is 0 Å². The number of hydrogen-bond acceptors (Lipinski definition) is 3. The summed E-state index contributed by atoms with van der Waals surface area (Å²) in [5, 5.41) is 10.4. The van der Waals surface area contributed by atoms with Gasteiger partial charge < -0.3 is 5.11 Å².